The highest BCUT2D eigenvalue weighted by molar-refractivity contribution is 5.82. The Hall–Kier alpha value is -3.57. The van der Waals surface area contributed by atoms with Crippen LogP contribution < -0.4 is 15.6 Å². The van der Waals surface area contributed by atoms with Crippen LogP contribution in [0.5, 0.6) is 5.88 Å². The second-order valence-corrected chi connectivity index (χ2v) is 8.74. The van der Waals surface area contributed by atoms with Crippen molar-refractivity contribution in [2.75, 3.05) is 51.9 Å². The van der Waals surface area contributed by atoms with Crippen LogP contribution in [0.3, 0.4) is 0 Å². The number of ether oxygens (including phenoxy) is 3. The van der Waals surface area contributed by atoms with Crippen LogP contribution in [0, 0.1) is 0 Å². The molecule has 1 saturated heterocycles. The monoisotopic (exact) mass is 510 g/mol. The van der Waals surface area contributed by atoms with Crippen LogP contribution in [-0.2, 0) is 20.8 Å². The van der Waals surface area contributed by atoms with Gasteiger partial charge in [0.15, 0.2) is 11.5 Å². The normalized spacial score (nSPS) is 15.3. The summed E-state index contributed by atoms with van der Waals surface area (Å²) in [6.45, 7) is 7.07. The molecular formula is C26H34N6O5. The maximum atomic E-state index is 13.4. The van der Waals surface area contributed by atoms with Gasteiger partial charge in [-0.1, -0.05) is 6.92 Å². The summed E-state index contributed by atoms with van der Waals surface area (Å²) < 4.78 is 18.0. The molecular weight excluding hydrogens is 476 g/mol. The molecule has 11 heteroatoms. The molecule has 1 aliphatic heterocycles. The smallest absolute Gasteiger partial charge is 0.293 e. The van der Waals surface area contributed by atoms with Gasteiger partial charge in [-0.3, -0.25) is 14.2 Å². The van der Waals surface area contributed by atoms with Gasteiger partial charge in [-0.05, 0) is 31.9 Å². The van der Waals surface area contributed by atoms with Crippen molar-refractivity contribution in [1.82, 2.24) is 24.4 Å². The van der Waals surface area contributed by atoms with E-state index in [1.165, 1.54) is 0 Å². The number of fused-ring (bicyclic) bond motifs is 1. The minimum Gasteiger partial charge on any atom is -0.481 e. The number of carbonyl (C=O) groups is 1. The molecule has 0 spiro atoms. The molecule has 0 aromatic carbocycles. The lowest BCUT2D eigenvalue weighted by Crippen LogP contribution is -2.36. The number of nitrogens with zero attached hydrogens (tertiary/aromatic N) is 5. The quantitative estimate of drug-likeness (QED) is 0.366. The number of rotatable bonds is 12. The van der Waals surface area contributed by atoms with E-state index in [9.17, 15) is 9.59 Å². The lowest BCUT2D eigenvalue weighted by atomic mass is 10.1. The molecule has 1 atom stereocenters. The first-order chi connectivity index (χ1) is 18.0. The number of pyridine rings is 2. The van der Waals surface area contributed by atoms with E-state index in [1.807, 2.05) is 26.0 Å². The van der Waals surface area contributed by atoms with E-state index in [4.69, 9.17) is 14.2 Å². The average molecular weight is 511 g/mol. The van der Waals surface area contributed by atoms with Crippen molar-refractivity contribution >= 4 is 22.9 Å². The maximum Gasteiger partial charge on any atom is 0.293 e. The van der Waals surface area contributed by atoms with Crippen LogP contribution in [0.25, 0.3) is 22.3 Å². The third-order valence-electron chi connectivity index (χ3n) is 6.20. The second-order valence-electron chi connectivity index (χ2n) is 8.74. The summed E-state index contributed by atoms with van der Waals surface area (Å²) in [7, 11) is 1.56. The van der Waals surface area contributed by atoms with Gasteiger partial charge < -0.3 is 24.4 Å². The molecule has 4 heterocycles. The molecule has 0 bridgehead atoms. The average Bonchev–Trinajstić information content (AvgIpc) is 3.40. The highest BCUT2D eigenvalue weighted by atomic mass is 16.5. The summed E-state index contributed by atoms with van der Waals surface area (Å²) >= 11 is 0. The van der Waals surface area contributed by atoms with Gasteiger partial charge in [-0.25, -0.2) is 15.0 Å². The van der Waals surface area contributed by atoms with E-state index in [0.29, 0.717) is 56.5 Å². The Morgan fingerprint density at radius 3 is 2.73 bits per heavy atom. The molecule has 37 heavy (non-hydrogen) atoms. The number of hydrogen-bond acceptors (Lipinski definition) is 9. The zero-order chi connectivity index (χ0) is 26.2. The van der Waals surface area contributed by atoms with Crippen molar-refractivity contribution in [2.45, 2.75) is 39.3 Å². The van der Waals surface area contributed by atoms with Crippen molar-refractivity contribution < 1.29 is 19.0 Å². The third-order valence-corrected chi connectivity index (χ3v) is 6.20. The number of carbonyl (C=O) groups excluding carboxylic acids is 1. The van der Waals surface area contributed by atoms with Crippen molar-refractivity contribution in [2.24, 2.45) is 0 Å². The SMILES string of the molecule is CCCOCCn1c(=O)c(NCC(=O)N2CCC(OCC)C2)nc2ncc(-c3ccc(OC)nc3)cc21. The maximum absolute atomic E-state index is 13.4. The fraction of sp³-hybridized carbons (Fsp3) is 0.500. The Labute approximate surface area is 215 Å². The van der Waals surface area contributed by atoms with Gasteiger partial charge in [0.25, 0.3) is 5.56 Å². The Morgan fingerprint density at radius 1 is 1.16 bits per heavy atom. The van der Waals surface area contributed by atoms with Gasteiger partial charge in [0.05, 0.1) is 31.9 Å². The highest BCUT2D eigenvalue weighted by Gasteiger charge is 2.26. The number of nitrogens with one attached hydrogen (secondary N) is 1. The third kappa shape index (κ3) is 6.41. The molecule has 1 fully saturated rings. The molecule has 3 aromatic rings. The molecule has 0 saturated carbocycles. The van der Waals surface area contributed by atoms with Crippen LogP contribution in [0.1, 0.15) is 26.7 Å². The summed E-state index contributed by atoms with van der Waals surface area (Å²) in [6, 6.07) is 5.52. The number of hydrogen-bond donors (Lipinski definition) is 1. The topological polar surface area (TPSA) is 121 Å². The predicted molar refractivity (Wildman–Crippen MR) is 140 cm³/mol. The first kappa shape index (κ1) is 26.5. The Morgan fingerprint density at radius 2 is 2.00 bits per heavy atom. The highest BCUT2D eigenvalue weighted by Crippen LogP contribution is 2.23. The van der Waals surface area contributed by atoms with E-state index in [1.54, 1.807) is 35.0 Å². The van der Waals surface area contributed by atoms with Gasteiger partial charge in [-0.2, -0.15) is 0 Å². The van der Waals surface area contributed by atoms with Gasteiger partial charge in [0.1, 0.15) is 0 Å². The zero-order valence-electron chi connectivity index (χ0n) is 21.6. The largest absolute Gasteiger partial charge is 0.481 e. The van der Waals surface area contributed by atoms with Crippen LogP contribution in [-0.4, -0.2) is 83.0 Å². The van der Waals surface area contributed by atoms with Crippen molar-refractivity contribution in [3.05, 3.63) is 40.9 Å². The fourth-order valence-corrected chi connectivity index (χ4v) is 4.29. The first-order valence-electron chi connectivity index (χ1n) is 12.7. The summed E-state index contributed by atoms with van der Waals surface area (Å²) in [6.07, 6.45) is 5.14. The van der Waals surface area contributed by atoms with E-state index < -0.39 is 0 Å². The molecule has 0 aliphatic carbocycles. The Bertz CT molecular complexity index is 1260. The molecule has 4 rings (SSSR count). The van der Waals surface area contributed by atoms with Gasteiger partial charge in [0.2, 0.25) is 11.8 Å². The number of amides is 1. The van der Waals surface area contributed by atoms with E-state index in [2.05, 4.69) is 20.3 Å². The van der Waals surface area contributed by atoms with Crippen LogP contribution in [0.2, 0.25) is 0 Å². The van der Waals surface area contributed by atoms with E-state index in [0.717, 1.165) is 24.0 Å². The number of anilines is 1. The number of likely N-dealkylation sites (tertiary alicyclic amines) is 1. The van der Waals surface area contributed by atoms with Crippen LogP contribution >= 0.6 is 0 Å². The lowest BCUT2D eigenvalue weighted by molar-refractivity contribution is -0.128. The second kappa shape index (κ2) is 12.6. The Balaban J connectivity index is 1.59. The molecule has 198 valence electrons. The fourth-order valence-electron chi connectivity index (χ4n) is 4.29. The van der Waals surface area contributed by atoms with Gasteiger partial charge >= 0.3 is 0 Å². The van der Waals surface area contributed by atoms with Crippen molar-refractivity contribution in [1.29, 1.82) is 0 Å². The van der Waals surface area contributed by atoms with Gasteiger partial charge in [0, 0.05) is 62.4 Å². The molecule has 1 N–H and O–H groups in total. The Kier molecular flexibility index (Phi) is 9.02. The van der Waals surface area contributed by atoms with Gasteiger partial charge in [-0.15, -0.1) is 0 Å². The molecule has 0 radical (unpaired) electrons. The number of aromatic nitrogens is 4. The summed E-state index contributed by atoms with van der Waals surface area (Å²) in [5.41, 5.74) is 2.27. The first-order valence-corrected chi connectivity index (χ1v) is 12.7. The predicted octanol–water partition coefficient (Wildman–Crippen LogP) is 2.34. The molecule has 1 amide bonds. The summed E-state index contributed by atoms with van der Waals surface area (Å²) in [5, 5.41) is 2.95. The standard InChI is InChI=1S/C26H34N6O5/c1-4-11-36-12-10-32-21-13-19(18-6-7-22(35-3)27-14-18)15-28-24(21)30-25(26(32)34)29-16-23(33)31-9-8-20(17-31)37-5-2/h6-7,13-15,20H,4-5,8-12,16-17H2,1-3H3,(H,28,29,30). The minimum atomic E-state index is -0.333. The molecule has 3 aromatic heterocycles. The number of methoxy groups -OCH3 is 1. The molecule has 1 unspecified atom stereocenters. The van der Waals surface area contributed by atoms with Crippen molar-refractivity contribution in [3.63, 3.8) is 0 Å². The van der Waals surface area contributed by atoms with Crippen LogP contribution in [0.4, 0.5) is 5.82 Å². The molecule has 1 aliphatic rings. The lowest BCUT2D eigenvalue weighted by Gasteiger charge is -2.18. The van der Waals surface area contributed by atoms with E-state index >= 15 is 0 Å². The molecule has 11 nitrogen and oxygen atoms in total. The van der Waals surface area contributed by atoms with E-state index in [-0.39, 0.29) is 29.9 Å². The van der Waals surface area contributed by atoms with Crippen molar-refractivity contribution in [3.8, 4) is 17.0 Å². The summed E-state index contributed by atoms with van der Waals surface area (Å²) in [5.74, 6) is 0.497. The zero-order valence-corrected chi connectivity index (χ0v) is 21.6. The summed E-state index contributed by atoms with van der Waals surface area (Å²) in [4.78, 5) is 41.2. The van der Waals surface area contributed by atoms with Crippen LogP contribution in [0.15, 0.2) is 35.4 Å². The minimum absolute atomic E-state index is 0.0332.